The molecule has 0 aliphatic carbocycles. The van der Waals surface area contributed by atoms with Crippen molar-refractivity contribution in [2.45, 2.75) is 0 Å². The molecule has 86 valence electrons. The molecule has 0 spiro atoms. The van der Waals surface area contributed by atoms with Crippen molar-refractivity contribution in [1.82, 2.24) is 4.98 Å². The summed E-state index contributed by atoms with van der Waals surface area (Å²) in [5.41, 5.74) is 0.417. The highest BCUT2D eigenvalue weighted by Gasteiger charge is 2.05. The lowest BCUT2D eigenvalue weighted by Gasteiger charge is -2.07. The fourth-order valence-electron chi connectivity index (χ4n) is 1.24. The third kappa shape index (κ3) is 2.88. The molecule has 0 radical (unpaired) electrons. The molecule has 0 saturated heterocycles. The van der Waals surface area contributed by atoms with Crippen LogP contribution >= 0.6 is 15.9 Å². The molecule has 0 saturated carbocycles. The van der Waals surface area contributed by atoms with E-state index in [0.717, 1.165) is 0 Å². The molecule has 1 aromatic carbocycles. The Kier molecular flexibility index (Phi) is 3.49. The molecule has 5 heteroatoms. The van der Waals surface area contributed by atoms with Crippen LogP contribution in [0.3, 0.4) is 0 Å². The molecule has 1 heterocycles. The first-order chi connectivity index (χ1) is 8.19. The van der Waals surface area contributed by atoms with Crippen molar-refractivity contribution < 1.29 is 13.9 Å². The summed E-state index contributed by atoms with van der Waals surface area (Å²) in [7, 11) is 0. The molecular formula is C12H7BrFNO2. The van der Waals surface area contributed by atoms with E-state index in [-0.39, 0.29) is 5.82 Å². The molecule has 3 nitrogen and oxygen atoms in total. The van der Waals surface area contributed by atoms with Gasteiger partial charge in [0.15, 0.2) is 6.29 Å². The first-order valence-corrected chi connectivity index (χ1v) is 5.51. The Bertz CT molecular complexity index is 560. The van der Waals surface area contributed by atoms with Crippen LogP contribution in [0.25, 0.3) is 0 Å². The first kappa shape index (κ1) is 11.7. The van der Waals surface area contributed by atoms with E-state index in [4.69, 9.17) is 4.74 Å². The second kappa shape index (κ2) is 5.05. The average molecular weight is 296 g/mol. The van der Waals surface area contributed by atoms with Crippen molar-refractivity contribution in [3.63, 3.8) is 0 Å². The predicted octanol–water partition coefficient (Wildman–Crippen LogP) is 3.59. The number of aromatic nitrogens is 1. The molecule has 2 rings (SSSR count). The third-order valence-corrected chi connectivity index (χ3v) is 2.61. The Morgan fingerprint density at radius 3 is 2.82 bits per heavy atom. The van der Waals surface area contributed by atoms with Crippen LogP contribution in [0.2, 0.25) is 0 Å². The van der Waals surface area contributed by atoms with Crippen LogP contribution < -0.4 is 4.74 Å². The van der Waals surface area contributed by atoms with E-state index < -0.39 is 0 Å². The summed E-state index contributed by atoms with van der Waals surface area (Å²) in [6.07, 6.45) is 3.59. The molecule has 0 aliphatic rings. The Hall–Kier alpha value is -1.75. The Balaban J connectivity index is 2.27. The van der Waals surface area contributed by atoms with E-state index in [1.807, 2.05) is 0 Å². The minimum atomic E-state index is -0.357. The van der Waals surface area contributed by atoms with Crippen molar-refractivity contribution in [2.24, 2.45) is 0 Å². The van der Waals surface area contributed by atoms with Crippen molar-refractivity contribution in [2.75, 3.05) is 0 Å². The molecule has 0 fully saturated rings. The molecule has 0 amide bonds. The van der Waals surface area contributed by atoms with E-state index >= 15 is 0 Å². The SMILES string of the molecule is O=Cc1cncc(Oc2ccc(F)cc2Br)c1. The van der Waals surface area contributed by atoms with E-state index in [9.17, 15) is 9.18 Å². The summed E-state index contributed by atoms with van der Waals surface area (Å²) >= 11 is 3.19. The second-order valence-electron chi connectivity index (χ2n) is 3.25. The molecular weight excluding hydrogens is 289 g/mol. The van der Waals surface area contributed by atoms with E-state index in [0.29, 0.717) is 27.8 Å². The largest absolute Gasteiger partial charge is 0.455 e. The Labute approximate surface area is 105 Å². The summed E-state index contributed by atoms with van der Waals surface area (Å²) in [6.45, 7) is 0. The van der Waals surface area contributed by atoms with Gasteiger partial charge in [-0.2, -0.15) is 0 Å². The quantitative estimate of drug-likeness (QED) is 0.813. The van der Waals surface area contributed by atoms with Crippen LogP contribution in [0.5, 0.6) is 11.5 Å². The number of hydrogen-bond acceptors (Lipinski definition) is 3. The van der Waals surface area contributed by atoms with Gasteiger partial charge >= 0.3 is 0 Å². The maximum absolute atomic E-state index is 12.9. The molecule has 2 aromatic rings. The second-order valence-corrected chi connectivity index (χ2v) is 4.10. The van der Waals surface area contributed by atoms with Crippen molar-refractivity contribution in [1.29, 1.82) is 0 Å². The predicted molar refractivity (Wildman–Crippen MR) is 63.8 cm³/mol. The van der Waals surface area contributed by atoms with Gasteiger partial charge in [-0.05, 0) is 40.2 Å². The summed E-state index contributed by atoms with van der Waals surface area (Å²) < 4.78 is 18.8. The van der Waals surface area contributed by atoms with Crippen LogP contribution in [0.4, 0.5) is 4.39 Å². The number of pyridine rings is 1. The number of carbonyl (C=O) groups excluding carboxylic acids is 1. The Morgan fingerprint density at radius 1 is 1.29 bits per heavy atom. The summed E-state index contributed by atoms with van der Waals surface area (Å²) in [5, 5.41) is 0. The summed E-state index contributed by atoms with van der Waals surface area (Å²) in [5.74, 6) is 0.516. The number of rotatable bonds is 3. The van der Waals surface area contributed by atoms with Crippen LogP contribution in [0, 0.1) is 5.82 Å². The number of hydrogen-bond donors (Lipinski definition) is 0. The van der Waals surface area contributed by atoms with Gasteiger partial charge < -0.3 is 4.74 Å². The molecule has 0 bridgehead atoms. The lowest BCUT2D eigenvalue weighted by Crippen LogP contribution is -1.89. The smallest absolute Gasteiger partial charge is 0.151 e. The van der Waals surface area contributed by atoms with Gasteiger partial charge in [0.05, 0.1) is 10.7 Å². The fraction of sp³-hybridized carbons (Fsp3) is 0. The van der Waals surface area contributed by atoms with E-state index in [2.05, 4.69) is 20.9 Å². The molecule has 0 aliphatic heterocycles. The minimum Gasteiger partial charge on any atom is -0.455 e. The van der Waals surface area contributed by atoms with Gasteiger partial charge in [0.2, 0.25) is 0 Å². The van der Waals surface area contributed by atoms with Crippen molar-refractivity contribution >= 4 is 22.2 Å². The third-order valence-electron chi connectivity index (χ3n) is 1.99. The maximum atomic E-state index is 12.9. The lowest BCUT2D eigenvalue weighted by molar-refractivity contribution is 0.112. The zero-order valence-electron chi connectivity index (χ0n) is 8.56. The van der Waals surface area contributed by atoms with E-state index in [1.165, 1.54) is 30.6 Å². The zero-order chi connectivity index (χ0) is 12.3. The number of aldehydes is 1. The highest BCUT2D eigenvalue weighted by Crippen LogP contribution is 2.29. The van der Waals surface area contributed by atoms with Gasteiger partial charge in [0, 0.05) is 11.8 Å². The molecule has 1 aromatic heterocycles. The molecule has 17 heavy (non-hydrogen) atoms. The van der Waals surface area contributed by atoms with Gasteiger partial charge in [-0.1, -0.05) is 0 Å². The zero-order valence-corrected chi connectivity index (χ0v) is 10.1. The number of halogens is 2. The van der Waals surface area contributed by atoms with Gasteiger partial charge in [0.1, 0.15) is 17.3 Å². The standard InChI is InChI=1S/C12H7BrFNO2/c13-11-4-9(14)1-2-12(11)17-10-3-8(7-16)5-15-6-10/h1-7H. The van der Waals surface area contributed by atoms with Crippen molar-refractivity contribution in [3.8, 4) is 11.5 Å². The summed E-state index contributed by atoms with van der Waals surface area (Å²) in [4.78, 5) is 14.4. The fourth-order valence-corrected chi connectivity index (χ4v) is 1.67. The normalized spacial score (nSPS) is 10.0. The first-order valence-electron chi connectivity index (χ1n) is 4.72. The number of carbonyl (C=O) groups is 1. The topological polar surface area (TPSA) is 39.2 Å². The minimum absolute atomic E-state index is 0.357. The lowest BCUT2D eigenvalue weighted by atomic mass is 10.3. The van der Waals surface area contributed by atoms with Crippen LogP contribution in [0.1, 0.15) is 10.4 Å². The highest BCUT2D eigenvalue weighted by atomic mass is 79.9. The summed E-state index contributed by atoms with van der Waals surface area (Å²) in [6, 6.07) is 5.63. The van der Waals surface area contributed by atoms with Crippen LogP contribution in [-0.2, 0) is 0 Å². The van der Waals surface area contributed by atoms with Gasteiger partial charge in [-0.25, -0.2) is 4.39 Å². The monoisotopic (exact) mass is 295 g/mol. The van der Waals surface area contributed by atoms with Gasteiger partial charge in [-0.15, -0.1) is 0 Å². The van der Waals surface area contributed by atoms with E-state index in [1.54, 1.807) is 6.07 Å². The molecule has 0 N–H and O–H groups in total. The van der Waals surface area contributed by atoms with Gasteiger partial charge in [0.25, 0.3) is 0 Å². The van der Waals surface area contributed by atoms with Crippen molar-refractivity contribution in [3.05, 3.63) is 52.5 Å². The average Bonchev–Trinajstić information content (AvgIpc) is 2.33. The van der Waals surface area contributed by atoms with Crippen LogP contribution in [-0.4, -0.2) is 11.3 Å². The number of ether oxygens (including phenoxy) is 1. The molecule has 0 unspecified atom stereocenters. The van der Waals surface area contributed by atoms with Crippen LogP contribution in [0.15, 0.2) is 41.1 Å². The van der Waals surface area contributed by atoms with Gasteiger partial charge in [-0.3, -0.25) is 9.78 Å². The Morgan fingerprint density at radius 2 is 2.12 bits per heavy atom. The number of nitrogens with zero attached hydrogens (tertiary/aromatic N) is 1. The number of benzene rings is 1. The molecule has 0 atom stereocenters. The maximum Gasteiger partial charge on any atom is 0.151 e. The highest BCUT2D eigenvalue weighted by molar-refractivity contribution is 9.10.